The first-order valence-electron chi connectivity index (χ1n) is 6.05. The fraction of sp³-hybridized carbons (Fsp3) is 0.727. The summed E-state index contributed by atoms with van der Waals surface area (Å²) in [5.41, 5.74) is 0.128. The van der Waals surface area contributed by atoms with E-state index in [0.29, 0.717) is 18.7 Å². The van der Waals surface area contributed by atoms with Crippen LogP contribution in [0.1, 0.15) is 17.7 Å². The van der Waals surface area contributed by atoms with Gasteiger partial charge in [0.25, 0.3) is 6.43 Å². The lowest BCUT2D eigenvalue weighted by Crippen LogP contribution is -2.20. The van der Waals surface area contributed by atoms with Crippen LogP contribution in [-0.4, -0.2) is 50.5 Å². The summed E-state index contributed by atoms with van der Waals surface area (Å²) in [7, 11) is -1.67. The highest BCUT2D eigenvalue weighted by Crippen LogP contribution is 2.22. The van der Waals surface area contributed by atoms with Crippen molar-refractivity contribution in [1.82, 2.24) is 15.1 Å². The third-order valence-electron chi connectivity index (χ3n) is 2.64. The van der Waals surface area contributed by atoms with Crippen LogP contribution in [0, 0.1) is 0 Å². The first kappa shape index (κ1) is 17.0. The Hall–Kier alpha value is -1.06. The van der Waals surface area contributed by atoms with Gasteiger partial charge in [-0.25, -0.2) is 17.2 Å². The van der Waals surface area contributed by atoms with E-state index in [1.165, 1.54) is 6.20 Å². The van der Waals surface area contributed by atoms with Crippen molar-refractivity contribution in [2.75, 3.05) is 32.3 Å². The number of aromatic nitrogens is 2. The molecule has 0 aromatic carbocycles. The van der Waals surface area contributed by atoms with Gasteiger partial charge in [0.1, 0.15) is 15.5 Å². The van der Waals surface area contributed by atoms with Gasteiger partial charge < -0.3 is 10.1 Å². The summed E-state index contributed by atoms with van der Waals surface area (Å²) in [6.07, 6.45) is -0.300. The summed E-state index contributed by atoms with van der Waals surface area (Å²) in [5, 5.41) is 6.79. The predicted octanol–water partition coefficient (Wildman–Crippen LogP) is 0.601. The van der Waals surface area contributed by atoms with Crippen molar-refractivity contribution >= 4 is 9.84 Å². The third-order valence-corrected chi connectivity index (χ3v) is 3.56. The molecule has 116 valence electrons. The van der Waals surface area contributed by atoms with Gasteiger partial charge in [0.15, 0.2) is 0 Å². The van der Waals surface area contributed by atoms with E-state index in [1.54, 1.807) is 7.11 Å². The van der Waals surface area contributed by atoms with E-state index in [-0.39, 0.29) is 24.5 Å². The Kier molecular flexibility index (Phi) is 6.50. The number of rotatable bonds is 9. The molecule has 1 aromatic heterocycles. The molecule has 9 heteroatoms. The van der Waals surface area contributed by atoms with Gasteiger partial charge >= 0.3 is 0 Å². The smallest absolute Gasteiger partial charge is 0.280 e. The average Bonchev–Trinajstić information content (AvgIpc) is 2.74. The molecule has 0 bridgehead atoms. The summed E-state index contributed by atoms with van der Waals surface area (Å²) in [5.74, 6) is -0.217. The molecule has 1 heterocycles. The van der Waals surface area contributed by atoms with Crippen molar-refractivity contribution in [3.05, 3.63) is 17.5 Å². The second-order valence-electron chi connectivity index (χ2n) is 4.38. The zero-order chi connectivity index (χ0) is 15.2. The second kappa shape index (κ2) is 7.65. The maximum absolute atomic E-state index is 13.1. The Morgan fingerprint density at radius 1 is 1.50 bits per heavy atom. The molecule has 1 aromatic rings. The van der Waals surface area contributed by atoms with Crippen LogP contribution < -0.4 is 5.32 Å². The molecule has 0 aliphatic heterocycles. The number of hydrogen-bond donors (Lipinski definition) is 1. The van der Waals surface area contributed by atoms with Crippen molar-refractivity contribution < 1.29 is 21.9 Å². The molecule has 1 N–H and O–H groups in total. The van der Waals surface area contributed by atoms with Crippen molar-refractivity contribution in [1.29, 1.82) is 0 Å². The second-order valence-corrected chi connectivity index (χ2v) is 6.64. The van der Waals surface area contributed by atoms with Gasteiger partial charge in [-0.15, -0.1) is 0 Å². The molecule has 0 saturated carbocycles. The zero-order valence-electron chi connectivity index (χ0n) is 11.5. The Balaban J connectivity index is 2.73. The van der Waals surface area contributed by atoms with E-state index in [4.69, 9.17) is 4.74 Å². The summed E-state index contributed by atoms with van der Waals surface area (Å²) >= 11 is 0. The molecular formula is C11H19F2N3O3S. The van der Waals surface area contributed by atoms with Gasteiger partial charge in [0.05, 0.1) is 25.1 Å². The van der Waals surface area contributed by atoms with Crippen LogP contribution >= 0.6 is 0 Å². The normalized spacial score (nSPS) is 12.2. The number of halogens is 2. The van der Waals surface area contributed by atoms with E-state index in [2.05, 4.69) is 10.4 Å². The summed E-state index contributed by atoms with van der Waals surface area (Å²) in [6, 6.07) is 0. The lowest BCUT2D eigenvalue weighted by atomic mass is 10.2. The van der Waals surface area contributed by atoms with Gasteiger partial charge in [-0.1, -0.05) is 0 Å². The largest absolute Gasteiger partial charge is 0.383 e. The number of alkyl halides is 2. The molecule has 0 saturated heterocycles. The molecule has 0 amide bonds. The molecule has 1 rings (SSSR count). The van der Waals surface area contributed by atoms with Crippen molar-refractivity contribution in [3.8, 4) is 0 Å². The van der Waals surface area contributed by atoms with E-state index in [9.17, 15) is 17.2 Å². The van der Waals surface area contributed by atoms with Gasteiger partial charge in [0, 0.05) is 32.0 Å². The van der Waals surface area contributed by atoms with E-state index < -0.39 is 16.3 Å². The topological polar surface area (TPSA) is 73.2 Å². The van der Waals surface area contributed by atoms with E-state index >= 15 is 0 Å². The molecule has 0 fully saturated rings. The minimum atomic E-state index is -3.22. The number of nitrogens with zero attached hydrogens (tertiary/aromatic N) is 2. The minimum Gasteiger partial charge on any atom is -0.383 e. The molecule has 0 unspecified atom stereocenters. The molecule has 0 spiro atoms. The first-order chi connectivity index (χ1) is 9.35. The lowest BCUT2D eigenvalue weighted by Gasteiger charge is -2.09. The van der Waals surface area contributed by atoms with E-state index in [0.717, 1.165) is 10.9 Å². The highest BCUT2D eigenvalue weighted by Gasteiger charge is 2.20. The van der Waals surface area contributed by atoms with Crippen LogP contribution in [0.25, 0.3) is 0 Å². The number of methoxy groups -OCH3 is 1. The molecular weight excluding hydrogens is 292 g/mol. The van der Waals surface area contributed by atoms with Gasteiger partial charge in [-0.3, -0.25) is 4.68 Å². The third kappa shape index (κ3) is 5.51. The predicted molar refractivity (Wildman–Crippen MR) is 70.5 cm³/mol. The number of sulfone groups is 1. The molecule has 0 aliphatic rings. The molecule has 0 atom stereocenters. The van der Waals surface area contributed by atoms with Crippen LogP contribution in [0.15, 0.2) is 6.20 Å². The molecule has 0 radical (unpaired) electrons. The van der Waals surface area contributed by atoms with E-state index in [1.807, 2.05) is 0 Å². The van der Waals surface area contributed by atoms with Crippen LogP contribution in [0.2, 0.25) is 0 Å². The van der Waals surface area contributed by atoms with Crippen molar-refractivity contribution in [3.63, 3.8) is 0 Å². The van der Waals surface area contributed by atoms with Gasteiger partial charge in [-0.05, 0) is 0 Å². The van der Waals surface area contributed by atoms with Crippen molar-refractivity contribution in [2.45, 2.75) is 19.5 Å². The van der Waals surface area contributed by atoms with Crippen molar-refractivity contribution in [2.24, 2.45) is 0 Å². The number of nitrogens with one attached hydrogen (secondary N) is 1. The fourth-order valence-corrected chi connectivity index (χ4v) is 2.15. The standard InChI is InChI=1S/C11H19F2N3O3S/c1-19-5-3-14-7-9-8-15-16(10(9)11(12)13)4-6-20(2,17)18/h8,11,14H,3-7H2,1-2H3. The Labute approximate surface area is 117 Å². The minimum absolute atomic E-state index is 0.0728. The Bertz CT molecular complexity index is 517. The maximum atomic E-state index is 13.1. The van der Waals surface area contributed by atoms with Crippen LogP contribution in [-0.2, 0) is 27.7 Å². The zero-order valence-corrected chi connectivity index (χ0v) is 12.3. The number of aryl methyl sites for hydroxylation is 1. The average molecular weight is 311 g/mol. The Morgan fingerprint density at radius 3 is 2.75 bits per heavy atom. The van der Waals surface area contributed by atoms with Gasteiger partial charge in [0.2, 0.25) is 0 Å². The van der Waals surface area contributed by atoms with Gasteiger partial charge in [-0.2, -0.15) is 5.10 Å². The van der Waals surface area contributed by atoms with Crippen LogP contribution in [0.5, 0.6) is 0 Å². The monoisotopic (exact) mass is 311 g/mol. The quantitative estimate of drug-likeness (QED) is 0.676. The first-order valence-corrected chi connectivity index (χ1v) is 8.11. The highest BCUT2D eigenvalue weighted by molar-refractivity contribution is 7.90. The summed E-state index contributed by atoms with van der Waals surface area (Å²) in [6.45, 7) is 1.18. The number of ether oxygens (including phenoxy) is 1. The lowest BCUT2D eigenvalue weighted by molar-refractivity contribution is 0.138. The van der Waals surface area contributed by atoms with Crippen LogP contribution in [0.3, 0.4) is 0 Å². The SMILES string of the molecule is COCCNCc1cnn(CCS(C)(=O)=O)c1C(F)F. The molecule has 0 aliphatic carbocycles. The highest BCUT2D eigenvalue weighted by atomic mass is 32.2. The Morgan fingerprint density at radius 2 is 2.20 bits per heavy atom. The van der Waals surface area contributed by atoms with Crippen LogP contribution in [0.4, 0.5) is 8.78 Å². The maximum Gasteiger partial charge on any atom is 0.280 e. The number of hydrogen-bond acceptors (Lipinski definition) is 5. The fourth-order valence-electron chi connectivity index (χ4n) is 1.65. The molecule has 6 nitrogen and oxygen atoms in total. The molecule has 20 heavy (non-hydrogen) atoms. The summed E-state index contributed by atoms with van der Waals surface area (Å²) in [4.78, 5) is 0. The summed E-state index contributed by atoms with van der Waals surface area (Å²) < 4.78 is 54.2.